The number of rotatable bonds is 4. The summed E-state index contributed by atoms with van der Waals surface area (Å²) in [6.07, 6.45) is 0.792. The number of thiophene rings is 1. The molecule has 31 heavy (non-hydrogen) atoms. The number of pyridine rings is 1. The standard InChI is InChI=1S/C23H20BrN3O2S2/c1-12-25-19-16-8-14-10-29-23(2,3)9-17(14)27-21(16)31-20(19)22(26-12)30-11-18(28)13-4-6-15(24)7-5-13/h4-8H,9-11H2,1-3H3. The summed E-state index contributed by atoms with van der Waals surface area (Å²) in [7, 11) is 0. The Bertz CT molecular complexity index is 1330. The van der Waals surface area contributed by atoms with Crippen molar-refractivity contribution in [2.45, 2.75) is 44.4 Å². The molecule has 0 amide bonds. The van der Waals surface area contributed by atoms with E-state index in [1.165, 1.54) is 11.8 Å². The van der Waals surface area contributed by atoms with E-state index in [-0.39, 0.29) is 11.4 Å². The molecular formula is C23H20BrN3O2S2. The number of fused-ring (bicyclic) bond motifs is 4. The van der Waals surface area contributed by atoms with Gasteiger partial charge in [0.25, 0.3) is 0 Å². The van der Waals surface area contributed by atoms with Crippen LogP contribution in [-0.4, -0.2) is 32.1 Å². The van der Waals surface area contributed by atoms with Crippen molar-refractivity contribution in [2.24, 2.45) is 0 Å². The van der Waals surface area contributed by atoms with E-state index in [9.17, 15) is 4.79 Å². The fourth-order valence-corrected chi connectivity index (χ4v) is 6.11. The average molecular weight is 514 g/mol. The highest BCUT2D eigenvalue weighted by molar-refractivity contribution is 9.10. The topological polar surface area (TPSA) is 65.0 Å². The molecule has 158 valence electrons. The molecule has 0 saturated heterocycles. The van der Waals surface area contributed by atoms with Crippen LogP contribution in [0.1, 0.15) is 41.3 Å². The number of halogens is 1. The van der Waals surface area contributed by atoms with E-state index in [1.807, 2.05) is 31.2 Å². The molecule has 5 nitrogen and oxygen atoms in total. The van der Waals surface area contributed by atoms with Crippen LogP contribution in [0.2, 0.25) is 0 Å². The normalized spacial score (nSPS) is 15.4. The molecule has 0 N–H and O–H groups in total. The van der Waals surface area contributed by atoms with Gasteiger partial charge in [-0.2, -0.15) is 0 Å². The maximum atomic E-state index is 12.7. The summed E-state index contributed by atoms with van der Waals surface area (Å²) < 4.78 is 7.92. The lowest BCUT2D eigenvalue weighted by molar-refractivity contribution is -0.0411. The zero-order valence-electron chi connectivity index (χ0n) is 17.4. The first kappa shape index (κ1) is 21.0. The Morgan fingerprint density at radius 1 is 1.23 bits per heavy atom. The van der Waals surface area contributed by atoms with Crippen LogP contribution in [0.15, 0.2) is 39.8 Å². The SMILES string of the molecule is Cc1nc(SCC(=O)c2ccc(Br)cc2)c2sc3nc4c(cc3c2n1)COC(C)(C)C4. The number of ether oxygens (including phenoxy) is 1. The zero-order valence-corrected chi connectivity index (χ0v) is 20.6. The van der Waals surface area contributed by atoms with E-state index >= 15 is 0 Å². The number of hydrogen-bond acceptors (Lipinski definition) is 7. The minimum absolute atomic E-state index is 0.0796. The van der Waals surface area contributed by atoms with E-state index in [0.717, 1.165) is 47.6 Å². The van der Waals surface area contributed by atoms with Crippen molar-refractivity contribution in [3.8, 4) is 0 Å². The number of ketones is 1. The van der Waals surface area contributed by atoms with Gasteiger partial charge in [-0.1, -0.05) is 39.8 Å². The molecule has 1 aliphatic heterocycles. The minimum Gasteiger partial charge on any atom is -0.370 e. The number of aryl methyl sites for hydroxylation is 1. The van der Waals surface area contributed by atoms with Crippen molar-refractivity contribution >= 4 is 65.2 Å². The summed E-state index contributed by atoms with van der Waals surface area (Å²) in [5, 5.41) is 1.87. The van der Waals surface area contributed by atoms with E-state index in [4.69, 9.17) is 14.7 Å². The van der Waals surface area contributed by atoms with Gasteiger partial charge in [-0.15, -0.1) is 11.3 Å². The van der Waals surface area contributed by atoms with Gasteiger partial charge < -0.3 is 4.74 Å². The minimum atomic E-state index is -0.199. The summed E-state index contributed by atoms with van der Waals surface area (Å²) >= 11 is 6.47. The Labute approximate surface area is 196 Å². The zero-order chi connectivity index (χ0) is 21.8. The molecule has 0 saturated carbocycles. The van der Waals surface area contributed by atoms with Gasteiger partial charge in [0.1, 0.15) is 15.7 Å². The third kappa shape index (κ3) is 4.14. The molecular weight excluding hydrogens is 494 g/mol. The third-order valence-corrected chi connectivity index (χ3v) is 8.00. The highest BCUT2D eigenvalue weighted by Gasteiger charge is 2.28. The lowest BCUT2D eigenvalue weighted by atomic mass is 9.95. The quantitative estimate of drug-likeness (QED) is 0.185. The molecule has 1 aromatic carbocycles. The van der Waals surface area contributed by atoms with Crippen molar-refractivity contribution in [2.75, 3.05) is 5.75 Å². The lowest BCUT2D eigenvalue weighted by Gasteiger charge is -2.30. The van der Waals surface area contributed by atoms with Gasteiger partial charge in [0.05, 0.1) is 33.9 Å². The first-order valence-electron chi connectivity index (χ1n) is 9.94. The van der Waals surface area contributed by atoms with E-state index in [2.05, 4.69) is 40.8 Å². The molecule has 8 heteroatoms. The monoisotopic (exact) mass is 513 g/mol. The summed E-state index contributed by atoms with van der Waals surface area (Å²) in [4.78, 5) is 27.9. The second kappa shape index (κ2) is 7.92. The summed E-state index contributed by atoms with van der Waals surface area (Å²) in [6.45, 7) is 6.65. The van der Waals surface area contributed by atoms with Crippen LogP contribution in [0.25, 0.3) is 20.4 Å². The first-order chi connectivity index (χ1) is 14.8. The van der Waals surface area contributed by atoms with Crippen molar-refractivity contribution in [3.63, 3.8) is 0 Å². The van der Waals surface area contributed by atoms with Crippen molar-refractivity contribution < 1.29 is 9.53 Å². The van der Waals surface area contributed by atoms with Gasteiger partial charge in [-0.05, 0) is 39.0 Å². The van der Waals surface area contributed by atoms with Gasteiger partial charge >= 0.3 is 0 Å². The number of hydrogen-bond donors (Lipinski definition) is 0. The molecule has 3 aromatic heterocycles. The maximum Gasteiger partial charge on any atom is 0.173 e. The predicted molar refractivity (Wildman–Crippen MR) is 129 cm³/mol. The fraction of sp³-hybridized carbons (Fsp3) is 0.304. The highest BCUT2D eigenvalue weighted by atomic mass is 79.9. The first-order valence-corrected chi connectivity index (χ1v) is 12.5. The molecule has 1 aliphatic rings. The highest BCUT2D eigenvalue weighted by Crippen LogP contribution is 2.39. The van der Waals surface area contributed by atoms with E-state index in [0.29, 0.717) is 23.7 Å². The van der Waals surface area contributed by atoms with Crippen LogP contribution in [0.4, 0.5) is 0 Å². The number of benzene rings is 1. The van der Waals surface area contributed by atoms with Crippen LogP contribution < -0.4 is 0 Å². The summed E-state index contributed by atoms with van der Waals surface area (Å²) in [5.41, 5.74) is 3.63. The van der Waals surface area contributed by atoms with Gasteiger partial charge in [0, 0.05) is 27.4 Å². The predicted octanol–water partition coefficient (Wildman–Crippen LogP) is 6.14. The molecule has 0 fully saturated rings. The Morgan fingerprint density at radius 2 is 2.00 bits per heavy atom. The number of carbonyl (C=O) groups excluding carboxylic acids is 1. The average Bonchev–Trinajstić information content (AvgIpc) is 3.07. The van der Waals surface area contributed by atoms with Crippen molar-refractivity contribution in [1.82, 2.24) is 15.0 Å². The number of carbonyl (C=O) groups is 1. The van der Waals surface area contributed by atoms with Crippen LogP contribution in [0.5, 0.6) is 0 Å². The molecule has 0 aliphatic carbocycles. The summed E-state index contributed by atoms with van der Waals surface area (Å²) in [5.74, 6) is 1.10. The smallest absolute Gasteiger partial charge is 0.173 e. The second-order valence-electron chi connectivity index (χ2n) is 8.25. The van der Waals surface area contributed by atoms with Crippen LogP contribution in [0.3, 0.4) is 0 Å². The molecule has 4 aromatic rings. The van der Waals surface area contributed by atoms with Crippen molar-refractivity contribution in [1.29, 1.82) is 0 Å². The number of thioether (sulfide) groups is 1. The Balaban J connectivity index is 1.51. The van der Waals surface area contributed by atoms with E-state index < -0.39 is 0 Å². The van der Waals surface area contributed by atoms with Gasteiger partial charge in [0.2, 0.25) is 0 Å². The molecule has 0 unspecified atom stereocenters. The third-order valence-electron chi connectivity index (χ3n) is 5.27. The Hall–Kier alpha value is -1.87. The number of nitrogens with zero attached hydrogens (tertiary/aromatic N) is 3. The fourth-order valence-electron chi connectivity index (χ4n) is 3.69. The second-order valence-corrected chi connectivity index (χ2v) is 11.1. The molecule has 5 rings (SSSR count). The van der Waals surface area contributed by atoms with Gasteiger partial charge in [0.15, 0.2) is 5.78 Å². The summed E-state index contributed by atoms with van der Waals surface area (Å²) in [6, 6.07) is 9.61. The molecule has 4 heterocycles. The largest absolute Gasteiger partial charge is 0.370 e. The molecule has 0 bridgehead atoms. The van der Waals surface area contributed by atoms with Gasteiger partial charge in [-0.3, -0.25) is 4.79 Å². The van der Waals surface area contributed by atoms with E-state index in [1.54, 1.807) is 11.3 Å². The van der Waals surface area contributed by atoms with Crippen LogP contribution in [-0.2, 0) is 17.8 Å². The number of Topliss-reactive ketones (excluding diaryl/α,β-unsaturated/α-hetero) is 1. The van der Waals surface area contributed by atoms with Gasteiger partial charge in [-0.25, -0.2) is 15.0 Å². The van der Waals surface area contributed by atoms with Crippen LogP contribution >= 0.6 is 39.0 Å². The van der Waals surface area contributed by atoms with Crippen LogP contribution in [0, 0.1) is 6.92 Å². The molecule has 0 atom stereocenters. The Kier molecular flexibility index (Phi) is 5.37. The Morgan fingerprint density at radius 3 is 2.77 bits per heavy atom. The van der Waals surface area contributed by atoms with Crippen molar-refractivity contribution in [3.05, 3.63) is 57.4 Å². The molecule has 0 spiro atoms. The lowest BCUT2D eigenvalue weighted by Crippen LogP contribution is -2.32. The molecule has 0 radical (unpaired) electrons. The maximum absolute atomic E-state index is 12.7. The number of aromatic nitrogens is 3.